The van der Waals surface area contributed by atoms with Crippen molar-refractivity contribution in [2.24, 2.45) is 4.99 Å². The number of rotatable bonds is 8. The molecule has 210 valence electrons. The van der Waals surface area contributed by atoms with Gasteiger partial charge in [-0.2, -0.15) is 0 Å². The van der Waals surface area contributed by atoms with E-state index >= 15 is 0 Å². The Hall–Kier alpha value is -4.02. The first-order chi connectivity index (χ1) is 19.8. The lowest BCUT2D eigenvalue weighted by Crippen LogP contribution is -2.40. The first kappa shape index (κ1) is 28.5. The molecule has 0 amide bonds. The molecule has 41 heavy (non-hydrogen) atoms. The third-order valence-corrected chi connectivity index (χ3v) is 8.16. The van der Waals surface area contributed by atoms with Crippen LogP contribution in [0.2, 0.25) is 0 Å². The van der Waals surface area contributed by atoms with Crippen molar-refractivity contribution in [2.45, 2.75) is 26.0 Å². The Balaban J connectivity index is 1.59. The summed E-state index contributed by atoms with van der Waals surface area (Å²) < 4.78 is 32.8. The van der Waals surface area contributed by atoms with Crippen molar-refractivity contribution in [3.8, 4) is 11.5 Å². The number of halogens is 2. The van der Waals surface area contributed by atoms with Crippen LogP contribution >= 0.6 is 27.3 Å². The molecule has 0 unspecified atom stereocenters. The number of hydrogen-bond donors (Lipinski definition) is 0. The molecule has 0 bridgehead atoms. The molecule has 0 N–H and O–H groups in total. The van der Waals surface area contributed by atoms with Crippen molar-refractivity contribution in [1.29, 1.82) is 0 Å². The zero-order chi connectivity index (χ0) is 29.1. The van der Waals surface area contributed by atoms with E-state index in [0.29, 0.717) is 54.1 Å². The number of fused-ring (bicyclic) bond motifs is 1. The van der Waals surface area contributed by atoms with Gasteiger partial charge in [0.2, 0.25) is 0 Å². The van der Waals surface area contributed by atoms with Gasteiger partial charge in [-0.3, -0.25) is 9.36 Å². The van der Waals surface area contributed by atoms with Crippen LogP contribution in [0.5, 0.6) is 11.5 Å². The summed E-state index contributed by atoms with van der Waals surface area (Å²) in [4.78, 5) is 32.0. The zero-order valence-electron chi connectivity index (χ0n) is 22.5. The molecule has 1 aliphatic rings. The molecule has 10 heteroatoms. The molecule has 1 aliphatic heterocycles. The second-order valence-corrected chi connectivity index (χ2v) is 11.0. The normalized spacial score (nSPS) is 14.9. The van der Waals surface area contributed by atoms with Gasteiger partial charge in [0.15, 0.2) is 16.3 Å². The van der Waals surface area contributed by atoms with E-state index in [4.69, 9.17) is 19.2 Å². The topological polar surface area (TPSA) is 79.1 Å². The van der Waals surface area contributed by atoms with Crippen molar-refractivity contribution >= 4 is 39.3 Å². The minimum Gasteiger partial charge on any atom is -0.493 e. The number of ether oxygens (including phenoxy) is 3. The van der Waals surface area contributed by atoms with Crippen LogP contribution in [0.3, 0.4) is 0 Å². The van der Waals surface area contributed by atoms with Crippen LogP contribution in [0.4, 0.5) is 4.39 Å². The average Bonchev–Trinajstić information content (AvgIpc) is 3.29. The predicted octanol–water partition coefficient (Wildman–Crippen LogP) is 5.29. The Morgan fingerprint density at radius 3 is 2.59 bits per heavy atom. The summed E-state index contributed by atoms with van der Waals surface area (Å²) >= 11 is 4.80. The highest BCUT2D eigenvalue weighted by Gasteiger charge is 2.33. The molecule has 5 rings (SSSR count). The van der Waals surface area contributed by atoms with Crippen molar-refractivity contribution in [1.82, 2.24) is 4.57 Å². The van der Waals surface area contributed by atoms with E-state index in [1.807, 2.05) is 43.3 Å². The molecule has 0 aliphatic carbocycles. The summed E-state index contributed by atoms with van der Waals surface area (Å²) in [6.45, 7) is 2.06. The number of benzene rings is 3. The van der Waals surface area contributed by atoms with Crippen LogP contribution in [-0.4, -0.2) is 24.8 Å². The third-order valence-electron chi connectivity index (χ3n) is 6.59. The van der Waals surface area contributed by atoms with Gasteiger partial charge in [-0.25, -0.2) is 14.2 Å². The zero-order valence-corrected chi connectivity index (χ0v) is 24.9. The molecular formula is C31H26BrFN2O5S. The third kappa shape index (κ3) is 5.75. The molecule has 3 aromatic carbocycles. The number of aromatic nitrogens is 1. The van der Waals surface area contributed by atoms with Gasteiger partial charge in [-0.05, 0) is 69.4 Å². The van der Waals surface area contributed by atoms with E-state index in [9.17, 15) is 14.0 Å². The lowest BCUT2D eigenvalue weighted by molar-refractivity contribution is -0.136. The van der Waals surface area contributed by atoms with Gasteiger partial charge in [0.05, 0.1) is 40.5 Å². The van der Waals surface area contributed by atoms with Gasteiger partial charge >= 0.3 is 5.97 Å². The number of nitrogens with zero attached hydrogens (tertiary/aromatic N) is 2. The first-order valence-electron chi connectivity index (χ1n) is 12.8. The van der Waals surface area contributed by atoms with Gasteiger partial charge in [-0.1, -0.05) is 60.7 Å². The van der Waals surface area contributed by atoms with Crippen LogP contribution < -0.4 is 24.4 Å². The molecule has 7 nitrogen and oxygen atoms in total. The van der Waals surface area contributed by atoms with E-state index in [2.05, 4.69) is 15.9 Å². The molecule has 4 aromatic rings. The number of carbonyl (C=O) groups excluding carboxylic acids is 1. The summed E-state index contributed by atoms with van der Waals surface area (Å²) in [6.07, 6.45) is 2.25. The minimum absolute atomic E-state index is 0.145. The monoisotopic (exact) mass is 636 g/mol. The van der Waals surface area contributed by atoms with Gasteiger partial charge in [0.25, 0.3) is 5.56 Å². The molecule has 0 spiro atoms. The second kappa shape index (κ2) is 12.2. The fourth-order valence-electron chi connectivity index (χ4n) is 4.71. The Morgan fingerprint density at radius 1 is 1.12 bits per heavy atom. The fraction of sp³-hybridized carbons (Fsp3) is 0.194. The van der Waals surface area contributed by atoms with Gasteiger partial charge in [0, 0.05) is 0 Å². The summed E-state index contributed by atoms with van der Waals surface area (Å²) in [5, 5.41) is 0. The van der Waals surface area contributed by atoms with E-state index in [0.717, 1.165) is 5.56 Å². The van der Waals surface area contributed by atoms with Crippen LogP contribution in [-0.2, 0) is 16.1 Å². The van der Waals surface area contributed by atoms with Crippen molar-refractivity contribution in [3.63, 3.8) is 0 Å². The molecule has 0 radical (unpaired) electrons. The van der Waals surface area contributed by atoms with E-state index in [1.165, 1.54) is 37.7 Å². The molecule has 0 fully saturated rings. The fourth-order valence-corrected chi connectivity index (χ4v) is 6.31. The number of hydrogen-bond acceptors (Lipinski definition) is 7. The highest BCUT2D eigenvalue weighted by Crippen LogP contribution is 2.37. The summed E-state index contributed by atoms with van der Waals surface area (Å²) in [5.74, 6) is 0.0393. The Labute approximate surface area is 248 Å². The van der Waals surface area contributed by atoms with E-state index < -0.39 is 12.0 Å². The maximum Gasteiger partial charge on any atom is 0.338 e. The number of carbonyl (C=O) groups is 1. The maximum absolute atomic E-state index is 13.9. The Morgan fingerprint density at radius 2 is 1.90 bits per heavy atom. The minimum atomic E-state index is -0.670. The van der Waals surface area contributed by atoms with Crippen LogP contribution in [0, 0.1) is 5.82 Å². The summed E-state index contributed by atoms with van der Waals surface area (Å²) in [5.41, 5.74) is 2.81. The van der Waals surface area contributed by atoms with Crippen LogP contribution in [0.1, 0.15) is 36.1 Å². The standard InChI is InChI=1S/C31H26BrFN2O5S/c1-4-23-26(30(37)39-3)27(20-10-6-5-7-11-20)35-29(36)25(41-31(35)34-23)16-19-14-22(32)28(24(15-19)38-2)40-17-18-9-8-12-21(33)13-18/h5-16,27H,4,17H2,1-3H3/b25-16-/t27-/m0/s1. The molecule has 2 heterocycles. The van der Waals surface area contributed by atoms with Crippen molar-refractivity contribution in [3.05, 3.63) is 125 Å². The second-order valence-electron chi connectivity index (χ2n) is 9.15. The molecule has 0 saturated carbocycles. The highest BCUT2D eigenvalue weighted by atomic mass is 79.9. The Kier molecular flexibility index (Phi) is 8.51. The Bertz CT molecular complexity index is 1830. The lowest BCUT2D eigenvalue weighted by Gasteiger charge is -2.25. The smallest absolute Gasteiger partial charge is 0.338 e. The number of methoxy groups -OCH3 is 2. The van der Waals surface area contributed by atoms with Crippen LogP contribution in [0.15, 0.2) is 92.3 Å². The number of thiazole rings is 1. The highest BCUT2D eigenvalue weighted by molar-refractivity contribution is 9.10. The van der Waals surface area contributed by atoms with E-state index in [1.54, 1.807) is 28.8 Å². The van der Waals surface area contributed by atoms with Crippen LogP contribution in [0.25, 0.3) is 6.08 Å². The quantitative estimate of drug-likeness (QED) is 0.246. The van der Waals surface area contributed by atoms with Gasteiger partial charge in [-0.15, -0.1) is 0 Å². The van der Waals surface area contributed by atoms with Gasteiger partial charge < -0.3 is 14.2 Å². The van der Waals surface area contributed by atoms with Crippen molar-refractivity contribution in [2.75, 3.05) is 14.2 Å². The first-order valence-corrected chi connectivity index (χ1v) is 14.4. The lowest BCUT2D eigenvalue weighted by atomic mass is 9.95. The molecule has 1 aromatic heterocycles. The SMILES string of the molecule is CCC1=C(C(=O)OC)[C@H](c2ccccc2)n2c(s/c(=C\c3cc(Br)c(OCc4cccc(F)c4)c(OC)c3)c2=O)=N1. The predicted molar refractivity (Wildman–Crippen MR) is 158 cm³/mol. The molecule has 0 saturated heterocycles. The molecular weight excluding hydrogens is 611 g/mol. The number of allylic oxidation sites excluding steroid dienone is 1. The molecule has 1 atom stereocenters. The largest absolute Gasteiger partial charge is 0.493 e. The summed E-state index contributed by atoms with van der Waals surface area (Å²) in [7, 11) is 2.85. The van der Waals surface area contributed by atoms with Gasteiger partial charge in [0.1, 0.15) is 12.4 Å². The number of esters is 1. The van der Waals surface area contributed by atoms with E-state index in [-0.39, 0.29) is 18.0 Å². The average molecular weight is 638 g/mol. The van der Waals surface area contributed by atoms with Crippen molar-refractivity contribution < 1.29 is 23.4 Å². The maximum atomic E-state index is 13.9. The summed E-state index contributed by atoms with van der Waals surface area (Å²) in [6, 6.07) is 18.5.